The molecular weight excluding hydrogens is 834 g/mol. The minimum absolute atomic E-state index is 0. The Kier molecular flexibility index (Phi) is 18.3. The molecule has 25 heteroatoms. The standard InChI is InChI=1S/C13H16F3N5O2S.C10H9ClF3N5O2S.C3H7.BrH.Mg/c1-4-5-9-6-7-10-18-11(13(14,15)16)12(21(10)19-9)24(22,23)17-8-20(2)3;1-18(2)5-15-22(20,21)9-8(10(12,13)14)16-7-4-3-6(11)17-19(7)9;1-3-2;;/h6-8H,4-5H2,1-3H3;3-5H,1-2H3;1,3H2,2H3;1H;/q;;-1;;+2/p-1. The maximum atomic E-state index is 13.2. The van der Waals surface area contributed by atoms with Crippen molar-refractivity contribution in [3.8, 4) is 0 Å². The van der Waals surface area contributed by atoms with Gasteiger partial charge in [0.25, 0.3) is 0 Å². The molecule has 0 aliphatic heterocycles. The van der Waals surface area contributed by atoms with Crippen LogP contribution in [0.4, 0.5) is 26.3 Å². The molecule has 4 heterocycles. The Morgan fingerprint density at radius 1 is 0.784 bits per heavy atom. The molecule has 0 saturated carbocycles. The van der Waals surface area contributed by atoms with Gasteiger partial charge in [-0.25, -0.2) is 9.97 Å². The monoisotopic (exact) mass is 864 g/mol. The molecule has 0 unspecified atom stereocenters. The molecule has 0 bridgehead atoms. The molecule has 280 valence electrons. The topological polar surface area (TPSA) is 160 Å². The van der Waals surface area contributed by atoms with Crippen LogP contribution in [0.15, 0.2) is 43.1 Å². The van der Waals surface area contributed by atoms with E-state index in [2.05, 4.69) is 35.9 Å². The number of rotatable bonds is 8. The number of imidazole rings is 2. The zero-order valence-corrected chi connectivity index (χ0v) is 33.3. The second kappa shape index (κ2) is 19.3. The Morgan fingerprint density at radius 2 is 1.16 bits per heavy atom. The van der Waals surface area contributed by atoms with Crippen molar-refractivity contribution >= 4 is 78.7 Å². The summed E-state index contributed by atoms with van der Waals surface area (Å²) in [4.78, 5) is 9.21. The maximum absolute atomic E-state index is 13.2. The molecule has 14 nitrogen and oxygen atoms in total. The first-order valence-electron chi connectivity index (χ1n) is 13.8. The Bertz CT molecular complexity index is 2040. The van der Waals surface area contributed by atoms with Crippen LogP contribution in [0, 0.1) is 6.92 Å². The summed E-state index contributed by atoms with van der Waals surface area (Å²) < 4.78 is 135. The SMILES string of the molecule is CCCc1ccc2nc(C(F)(F)F)c(S(=O)(=O)N=CN(C)C)n2n1.CN(C)C=NS(=O)(=O)c1c(C(F)(F)F)nc2ccc(Cl)nn12.[Br-].[CH2-]CC.[Mg+2]. The van der Waals surface area contributed by atoms with Crippen LogP contribution in [-0.2, 0) is 38.8 Å². The summed E-state index contributed by atoms with van der Waals surface area (Å²) in [5.41, 5.74) is -3.18. The van der Waals surface area contributed by atoms with Gasteiger partial charge in [0.15, 0.2) is 22.7 Å². The Labute approximate surface area is 322 Å². The van der Waals surface area contributed by atoms with Crippen LogP contribution in [0.25, 0.3) is 11.3 Å². The van der Waals surface area contributed by atoms with Crippen LogP contribution in [0.5, 0.6) is 0 Å². The van der Waals surface area contributed by atoms with Crippen molar-refractivity contribution in [1.29, 1.82) is 0 Å². The summed E-state index contributed by atoms with van der Waals surface area (Å²) >= 11 is 5.61. The minimum Gasteiger partial charge on any atom is -1.00 e. The molecule has 0 aromatic carbocycles. The first-order chi connectivity index (χ1) is 22.5. The molecule has 0 aliphatic rings. The number of hydrogen-bond acceptors (Lipinski definition) is 8. The molecule has 4 aromatic rings. The molecule has 0 spiro atoms. The molecule has 0 atom stereocenters. The number of fused-ring (bicyclic) bond motifs is 2. The van der Waals surface area contributed by atoms with E-state index in [0.29, 0.717) is 27.6 Å². The third-order valence-corrected chi connectivity index (χ3v) is 7.92. The molecule has 4 aromatic heterocycles. The molecular formula is C26H32BrClF6MgN10O4S2. The number of aromatic nitrogens is 6. The molecule has 0 aliphatic carbocycles. The van der Waals surface area contributed by atoms with Crippen LogP contribution in [0.2, 0.25) is 5.15 Å². The zero-order chi connectivity index (χ0) is 37.5. The number of sulfonamides is 2. The van der Waals surface area contributed by atoms with Gasteiger partial charge in [0.1, 0.15) is 17.8 Å². The number of hydrogen-bond donors (Lipinski definition) is 0. The second-order valence-corrected chi connectivity index (χ2v) is 13.6. The minimum atomic E-state index is -4.99. The summed E-state index contributed by atoms with van der Waals surface area (Å²) in [5, 5.41) is 5.08. The van der Waals surface area contributed by atoms with Gasteiger partial charge in [-0.3, -0.25) is 0 Å². The molecule has 0 amide bonds. The largest absolute Gasteiger partial charge is 2.00 e. The number of alkyl halides is 6. The van der Waals surface area contributed by atoms with E-state index in [1.54, 1.807) is 0 Å². The van der Waals surface area contributed by atoms with E-state index < -0.39 is 53.8 Å². The third kappa shape index (κ3) is 13.0. The quantitative estimate of drug-likeness (QED) is 0.0836. The van der Waals surface area contributed by atoms with Crippen molar-refractivity contribution in [3.63, 3.8) is 0 Å². The van der Waals surface area contributed by atoms with Crippen molar-refractivity contribution in [2.45, 2.75) is 55.5 Å². The normalized spacial score (nSPS) is 12.2. The van der Waals surface area contributed by atoms with E-state index in [9.17, 15) is 43.2 Å². The summed E-state index contributed by atoms with van der Waals surface area (Å²) in [6.07, 6.45) is -5.97. The Balaban J connectivity index is 0.000000880. The van der Waals surface area contributed by atoms with Crippen LogP contribution in [0.1, 0.15) is 43.8 Å². The predicted octanol–water partition coefficient (Wildman–Crippen LogP) is 1.51. The first-order valence-corrected chi connectivity index (χ1v) is 17.1. The van der Waals surface area contributed by atoms with Crippen LogP contribution >= 0.6 is 11.6 Å². The average molecular weight is 866 g/mol. The van der Waals surface area contributed by atoms with Crippen molar-refractivity contribution in [3.05, 3.63) is 53.4 Å². The Morgan fingerprint density at radius 3 is 1.51 bits per heavy atom. The van der Waals surface area contributed by atoms with E-state index in [-0.39, 0.29) is 56.5 Å². The first kappa shape index (κ1) is 48.2. The molecule has 0 fully saturated rings. The van der Waals surface area contributed by atoms with Gasteiger partial charge in [0, 0.05) is 28.2 Å². The van der Waals surface area contributed by atoms with E-state index in [1.807, 2.05) is 13.8 Å². The predicted molar refractivity (Wildman–Crippen MR) is 175 cm³/mol. The van der Waals surface area contributed by atoms with Gasteiger partial charge in [-0.2, -0.15) is 68.8 Å². The average Bonchev–Trinajstić information content (AvgIpc) is 3.56. The molecule has 51 heavy (non-hydrogen) atoms. The number of nitrogens with zero attached hydrogens (tertiary/aromatic N) is 10. The van der Waals surface area contributed by atoms with Gasteiger partial charge < -0.3 is 33.7 Å². The van der Waals surface area contributed by atoms with Gasteiger partial charge in [-0.05, 0) is 30.7 Å². The van der Waals surface area contributed by atoms with E-state index in [0.717, 1.165) is 25.2 Å². The molecule has 0 radical (unpaired) electrons. The maximum Gasteiger partial charge on any atom is 2.00 e. The summed E-state index contributed by atoms with van der Waals surface area (Å²) in [7, 11) is -3.40. The summed E-state index contributed by atoms with van der Waals surface area (Å²) in [6.45, 7) is 7.37. The summed E-state index contributed by atoms with van der Waals surface area (Å²) in [5.74, 6) is 0. The fourth-order valence-corrected chi connectivity index (χ4v) is 5.96. The summed E-state index contributed by atoms with van der Waals surface area (Å²) in [6, 6.07) is 5.15. The molecule has 0 saturated heterocycles. The van der Waals surface area contributed by atoms with Crippen molar-refractivity contribution in [2.75, 3.05) is 28.2 Å². The van der Waals surface area contributed by atoms with Gasteiger partial charge in [0.05, 0.1) is 5.69 Å². The smallest absolute Gasteiger partial charge is 1.00 e. The van der Waals surface area contributed by atoms with Crippen LogP contribution < -0.4 is 17.0 Å². The van der Waals surface area contributed by atoms with Crippen LogP contribution in [-0.4, -0.2) is 120 Å². The van der Waals surface area contributed by atoms with Crippen molar-refractivity contribution < 1.29 is 60.2 Å². The van der Waals surface area contributed by atoms with E-state index >= 15 is 0 Å². The number of halogens is 8. The third-order valence-electron chi connectivity index (χ3n) is 5.26. The fraction of sp³-hybridized carbons (Fsp3) is 0.423. The van der Waals surface area contributed by atoms with Gasteiger partial charge in [-0.15, -0.1) is 8.80 Å². The molecule has 4 rings (SSSR count). The van der Waals surface area contributed by atoms with Gasteiger partial charge in [0.2, 0.25) is 10.1 Å². The van der Waals surface area contributed by atoms with Crippen molar-refractivity contribution in [1.82, 2.24) is 39.0 Å². The number of aryl methyl sites for hydroxylation is 1. The Hall–Kier alpha value is -2.80. The van der Waals surface area contributed by atoms with Gasteiger partial charge >= 0.3 is 55.5 Å². The van der Waals surface area contributed by atoms with Gasteiger partial charge in [-0.1, -0.05) is 31.9 Å². The van der Waals surface area contributed by atoms with E-state index in [4.69, 9.17) is 11.6 Å². The van der Waals surface area contributed by atoms with Crippen LogP contribution in [0.3, 0.4) is 0 Å². The zero-order valence-electron chi connectivity index (χ0n) is 27.9. The van der Waals surface area contributed by atoms with E-state index in [1.165, 1.54) is 56.2 Å². The molecule has 0 N–H and O–H groups in total. The second-order valence-electron chi connectivity index (χ2n) is 10.1. The van der Waals surface area contributed by atoms with Crippen molar-refractivity contribution in [2.24, 2.45) is 8.80 Å². The fourth-order valence-electron chi connectivity index (χ4n) is 3.48.